The molecule has 5 aromatic rings. The van der Waals surface area contributed by atoms with E-state index in [1.165, 1.54) is 12.1 Å². The van der Waals surface area contributed by atoms with Crippen LogP contribution in [0.5, 0.6) is 5.75 Å². The quantitative estimate of drug-likeness (QED) is 0.226. The van der Waals surface area contributed by atoms with Crippen LogP contribution in [0.15, 0.2) is 95.9 Å². The summed E-state index contributed by atoms with van der Waals surface area (Å²) in [5.41, 5.74) is 4.42. The van der Waals surface area contributed by atoms with Gasteiger partial charge < -0.3 is 15.4 Å². The highest BCUT2D eigenvalue weighted by Crippen LogP contribution is 2.29. The van der Waals surface area contributed by atoms with E-state index in [1.54, 1.807) is 36.4 Å². The molecule has 0 unspecified atom stereocenters. The van der Waals surface area contributed by atoms with Crippen molar-refractivity contribution in [2.75, 3.05) is 11.9 Å². The monoisotopic (exact) mass is 526 g/mol. The van der Waals surface area contributed by atoms with E-state index in [0.29, 0.717) is 34.5 Å². The number of aryl methyl sites for hydroxylation is 1. The first-order valence-corrected chi connectivity index (χ1v) is 13.5. The molecule has 4 aromatic carbocycles. The van der Waals surface area contributed by atoms with Crippen molar-refractivity contribution in [3.05, 3.63) is 108 Å². The molecule has 192 valence electrons. The number of nitrogens with one attached hydrogen (secondary N) is 3. The summed E-state index contributed by atoms with van der Waals surface area (Å²) >= 11 is 0. The summed E-state index contributed by atoms with van der Waals surface area (Å²) in [6.45, 7) is 2.15. The van der Waals surface area contributed by atoms with E-state index in [4.69, 9.17) is 0 Å². The maximum atomic E-state index is 13.1. The molecule has 0 aliphatic carbocycles. The third-order valence-corrected chi connectivity index (χ3v) is 7.64. The number of aromatic amines is 1. The highest BCUT2D eigenvalue weighted by molar-refractivity contribution is 7.89. The normalized spacial score (nSPS) is 11.5. The van der Waals surface area contributed by atoms with Crippen molar-refractivity contribution in [1.29, 1.82) is 0 Å². The van der Waals surface area contributed by atoms with Gasteiger partial charge in [-0.05, 0) is 55.3 Å². The lowest BCUT2D eigenvalue weighted by Crippen LogP contribution is -2.26. The van der Waals surface area contributed by atoms with Crippen LogP contribution in [-0.4, -0.2) is 35.9 Å². The van der Waals surface area contributed by atoms with Gasteiger partial charge in [-0.2, -0.15) is 0 Å². The highest BCUT2D eigenvalue weighted by atomic mass is 32.2. The van der Waals surface area contributed by atoms with Gasteiger partial charge in [-0.3, -0.25) is 4.79 Å². The fraction of sp³-hybridized carbons (Fsp3) is 0.103. The minimum atomic E-state index is -3.57. The number of imidazole rings is 1. The second-order valence-electron chi connectivity index (χ2n) is 8.92. The summed E-state index contributed by atoms with van der Waals surface area (Å²) in [7, 11) is -3.57. The molecule has 0 atom stereocenters. The molecule has 0 fully saturated rings. The molecule has 0 radical (unpaired) electrons. The molecular formula is C29H26N4O4S. The smallest absolute Gasteiger partial charge is 0.257 e. The first-order valence-electron chi connectivity index (χ1n) is 12.0. The number of nitrogens with zero attached hydrogens (tertiary/aromatic N) is 1. The molecule has 1 amide bonds. The van der Waals surface area contributed by atoms with Crippen molar-refractivity contribution in [1.82, 2.24) is 14.7 Å². The Bertz CT molecular complexity index is 1700. The number of anilines is 1. The number of hydrogen-bond acceptors (Lipinski definition) is 5. The minimum Gasteiger partial charge on any atom is -0.506 e. The molecule has 0 bridgehead atoms. The van der Waals surface area contributed by atoms with E-state index in [9.17, 15) is 18.3 Å². The first-order chi connectivity index (χ1) is 18.3. The SMILES string of the molecule is Cc1ccc(S(=O)(=O)NCCc2ccc(NC(=O)c3ccc(O)c4[nH]c(-c5ccccc5)nc34)cc2)cc1. The first kappa shape index (κ1) is 25.2. The number of rotatable bonds is 8. The largest absolute Gasteiger partial charge is 0.506 e. The standard InChI is InChI=1S/C29H26N4O4S/c1-19-7-13-23(14-8-19)38(36,37)30-18-17-20-9-11-22(12-10-20)31-29(35)24-15-16-25(34)27-26(24)32-28(33-27)21-5-3-2-4-6-21/h2-16,30,34H,17-18H2,1H3,(H,31,35)(H,32,33). The van der Waals surface area contributed by atoms with E-state index in [0.717, 1.165) is 16.7 Å². The summed E-state index contributed by atoms with van der Waals surface area (Å²) in [6.07, 6.45) is 0.493. The number of amides is 1. The Labute approximate surface area is 220 Å². The lowest BCUT2D eigenvalue weighted by atomic mass is 10.1. The van der Waals surface area contributed by atoms with Gasteiger partial charge in [0.1, 0.15) is 22.6 Å². The fourth-order valence-corrected chi connectivity index (χ4v) is 5.11. The molecule has 1 aromatic heterocycles. The van der Waals surface area contributed by atoms with Crippen molar-refractivity contribution < 1.29 is 18.3 Å². The van der Waals surface area contributed by atoms with E-state index in [-0.39, 0.29) is 23.1 Å². The number of phenols is 1. The molecule has 0 saturated carbocycles. The Morgan fingerprint density at radius 3 is 2.34 bits per heavy atom. The Morgan fingerprint density at radius 2 is 1.63 bits per heavy atom. The van der Waals surface area contributed by atoms with Gasteiger partial charge in [-0.25, -0.2) is 18.1 Å². The van der Waals surface area contributed by atoms with E-state index in [2.05, 4.69) is 20.0 Å². The van der Waals surface area contributed by atoms with Gasteiger partial charge in [0.15, 0.2) is 0 Å². The predicted octanol–water partition coefficient (Wildman–Crippen LogP) is 5.02. The number of carbonyl (C=O) groups is 1. The van der Waals surface area contributed by atoms with Crippen molar-refractivity contribution >= 4 is 32.7 Å². The second kappa shape index (κ2) is 10.5. The summed E-state index contributed by atoms with van der Waals surface area (Å²) in [4.78, 5) is 21.0. The van der Waals surface area contributed by atoms with Crippen LogP contribution in [0.4, 0.5) is 5.69 Å². The number of sulfonamides is 1. The van der Waals surface area contributed by atoms with Crippen LogP contribution in [0.25, 0.3) is 22.4 Å². The van der Waals surface area contributed by atoms with Crippen LogP contribution in [-0.2, 0) is 16.4 Å². The summed E-state index contributed by atoms with van der Waals surface area (Å²) in [5, 5.41) is 13.2. The second-order valence-corrected chi connectivity index (χ2v) is 10.7. The van der Waals surface area contributed by atoms with Gasteiger partial charge in [-0.15, -0.1) is 0 Å². The van der Waals surface area contributed by atoms with Crippen LogP contribution in [0.2, 0.25) is 0 Å². The zero-order valence-corrected chi connectivity index (χ0v) is 21.4. The van der Waals surface area contributed by atoms with Gasteiger partial charge in [-0.1, -0.05) is 60.2 Å². The third kappa shape index (κ3) is 5.44. The zero-order chi connectivity index (χ0) is 26.7. The van der Waals surface area contributed by atoms with Crippen molar-refractivity contribution in [2.24, 2.45) is 0 Å². The van der Waals surface area contributed by atoms with Crippen molar-refractivity contribution in [3.63, 3.8) is 0 Å². The molecular weight excluding hydrogens is 500 g/mol. The van der Waals surface area contributed by atoms with Crippen molar-refractivity contribution in [2.45, 2.75) is 18.2 Å². The Morgan fingerprint density at radius 1 is 0.921 bits per heavy atom. The minimum absolute atomic E-state index is 0.00795. The van der Waals surface area contributed by atoms with Gasteiger partial charge in [0.25, 0.3) is 5.91 Å². The van der Waals surface area contributed by atoms with Crippen LogP contribution in [0, 0.1) is 6.92 Å². The fourth-order valence-electron chi connectivity index (χ4n) is 4.08. The Balaban J connectivity index is 1.25. The predicted molar refractivity (Wildman–Crippen MR) is 148 cm³/mol. The lowest BCUT2D eigenvalue weighted by Gasteiger charge is -2.09. The van der Waals surface area contributed by atoms with E-state index >= 15 is 0 Å². The Hall–Kier alpha value is -4.47. The summed E-state index contributed by atoms with van der Waals surface area (Å²) in [6, 6.07) is 26.4. The number of hydrogen-bond donors (Lipinski definition) is 4. The van der Waals surface area contributed by atoms with Crippen LogP contribution in [0.1, 0.15) is 21.5 Å². The topological polar surface area (TPSA) is 124 Å². The molecule has 0 spiro atoms. The average molecular weight is 527 g/mol. The number of carbonyl (C=O) groups excluding carboxylic acids is 1. The molecule has 5 rings (SSSR count). The van der Waals surface area contributed by atoms with Crippen LogP contribution in [0.3, 0.4) is 0 Å². The molecule has 4 N–H and O–H groups in total. The van der Waals surface area contributed by atoms with Crippen LogP contribution >= 0.6 is 0 Å². The average Bonchev–Trinajstić information content (AvgIpc) is 3.37. The molecule has 0 saturated heterocycles. The van der Waals surface area contributed by atoms with E-state index in [1.807, 2.05) is 49.4 Å². The summed E-state index contributed by atoms with van der Waals surface area (Å²) in [5.74, 6) is 0.201. The van der Waals surface area contributed by atoms with Gasteiger partial charge >= 0.3 is 0 Å². The van der Waals surface area contributed by atoms with Gasteiger partial charge in [0, 0.05) is 17.8 Å². The number of aromatic nitrogens is 2. The number of phenolic OH excluding ortho intramolecular Hbond substituents is 1. The molecule has 38 heavy (non-hydrogen) atoms. The third-order valence-electron chi connectivity index (χ3n) is 6.16. The number of H-pyrrole nitrogens is 1. The number of aromatic hydroxyl groups is 1. The highest BCUT2D eigenvalue weighted by Gasteiger charge is 2.18. The maximum Gasteiger partial charge on any atom is 0.257 e. The lowest BCUT2D eigenvalue weighted by molar-refractivity contribution is 0.102. The summed E-state index contributed by atoms with van der Waals surface area (Å²) < 4.78 is 27.5. The van der Waals surface area contributed by atoms with Crippen LogP contribution < -0.4 is 10.0 Å². The Kier molecular flexibility index (Phi) is 6.95. The number of benzene rings is 4. The molecule has 0 aliphatic heterocycles. The van der Waals surface area contributed by atoms with E-state index < -0.39 is 10.0 Å². The maximum absolute atomic E-state index is 13.1. The molecule has 1 heterocycles. The molecule has 9 heteroatoms. The van der Waals surface area contributed by atoms with Gasteiger partial charge in [0.2, 0.25) is 10.0 Å². The van der Waals surface area contributed by atoms with Gasteiger partial charge in [0.05, 0.1) is 10.5 Å². The zero-order valence-electron chi connectivity index (χ0n) is 20.6. The molecule has 8 nitrogen and oxygen atoms in total. The molecule has 0 aliphatic rings. The van der Waals surface area contributed by atoms with Crippen molar-refractivity contribution in [3.8, 4) is 17.1 Å². The number of fused-ring (bicyclic) bond motifs is 1.